The van der Waals surface area contributed by atoms with E-state index >= 15 is 0 Å². The monoisotopic (exact) mass is 401 g/mol. The van der Waals surface area contributed by atoms with Crippen molar-refractivity contribution in [2.45, 2.75) is 39.3 Å². The molecule has 1 aromatic carbocycles. The molecule has 2 aromatic rings. The summed E-state index contributed by atoms with van der Waals surface area (Å²) in [6, 6.07) is 8.57. The molecular weight excluding hydrogens is 370 g/mol. The average molecular weight is 402 g/mol. The molecule has 0 spiro atoms. The second kappa shape index (κ2) is 10.5. The van der Waals surface area contributed by atoms with Crippen LogP contribution in [-0.2, 0) is 19.4 Å². The van der Waals surface area contributed by atoms with Gasteiger partial charge in [-0.25, -0.2) is 4.98 Å². The Hall–Kier alpha value is -1.96. The fourth-order valence-corrected chi connectivity index (χ4v) is 4.08. The zero-order valence-corrected chi connectivity index (χ0v) is 17.6. The standard InChI is InChI=1S/C21H31N5OS/c1-3-22-21(23-10-8-19-15-28-16(2)25-19)24-12-20(27)14-26-11-9-17-6-4-5-7-18(17)13-26/h4-7,15,20,27H,3,8-14H2,1-2H3,(H2,22,23,24). The largest absolute Gasteiger partial charge is 0.390 e. The minimum absolute atomic E-state index is 0.392. The van der Waals surface area contributed by atoms with Crippen LogP contribution in [0, 0.1) is 6.92 Å². The number of nitrogens with one attached hydrogen (secondary N) is 2. The maximum absolute atomic E-state index is 10.5. The van der Waals surface area contributed by atoms with Gasteiger partial charge in [-0.3, -0.25) is 9.89 Å². The van der Waals surface area contributed by atoms with Crippen LogP contribution in [0.2, 0.25) is 0 Å². The molecule has 3 rings (SSSR count). The summed E-state index contributed by atoms with van der Waals surface area (Å²) in [6.45, 7) is 8.57. The Bertz CT molecular complexity index is 776. The molecule has 0 radical (unpaired) electrons. The van der Waals surface area contributed by atoms with Gasteiger partial charge in [0.05, 0.1) is 23.4 Å². The van der Waals surface area contributed by atoms with Gasteiger partial charge in [0, 0.05) is 44.5 Å². The SMILES string of the molecule is CCNC(=NCC(O)CN1CCc2ccccc2C1)NCCc1csc(C)n1. The van der Waals surface area contributed by atoms with Crippen molar-refractivity contribution in [3.8, 4) is 0 Å². The first kappa shape index (κ1) is 20.8. The number of thiazole rings is 1. The molecule has 0 amide bonds. The van der Waals surface area contributed by atoms with Crippen molar-refractivity contribution in [3.63, 3.8) is 0 Å². The smallest absolute Gasteiger partial charge is 0.191 e. The van der Waals surface area contributed by atoms with Crippen LogP contribution in [0.4, 0.5) is 0 Å². The van der Waals surface area contributed by atoms with Crippen LogP contribution in [0.5, 0.6) is 0 Å². The summed E-state index contributed by atoms with van der Waals surface area (Å²) in [5, 5.41) is 20.2. The highest BCUT2D eigenvalue weighted by atomic mass is 32.1. The first-order chi connectivity index (χ1) is 13.6. The Morgan fingerprint density at radius 1 is 1.32 bits per heavy atom. The van der Waals surface area contributed by atoms with Crippen LogP contribution in [0.3, 0.4) is 0 Å². The number of hydrogen-bond acceptors (Lipinski definition) is 5. The van der Waals surface area contributed by atoms with E-state index in [9.17, 15) is 5.11 Å². The van der Waals surface area contributed by atoms with Gasteiger partial charge in [0.25, 0.3) is 0 Å². The lowest BCUT2D eigenvalue weighted by atomic mass is 10.00. The fourth-order valence-electron chi connectivity index (χ4n) is 3.44. The summed E-state index contributed by atoms with van der Waals surface area (Å²) < 4.78 is 0. The Morgan fingerprint density at radius 2 is 2.14 bits per heavy atom. The molecule has 0 saturated heterocycles. The Morgan fingerprint density at radius 3 is 2.89 bits per heavy atom. The first-order valence-electron chi connectivity index (χ1n) is 10.0. The van der Waals surface area contributed by atoms with E-state index in [1.165, 1.54) is 11.1 Å². The normalized spacial score (nSPS) is 15.9. The van der Waals surface area contributed by atoms with Gasteiger partial charge < -0.3 is 15.7 Å². The van der Waals surface area contributed by atoms with Crippen LogP contribution >= 0.6 is 11.3 Å². The lowest BCUT2D eigenvalue weighted by molar-refractivity contribution is 0.111. The number of rotatable bonds is 8. The molecule has 1 unspecified atom stereocenters. The minimum atomic E-state index is -0.470. The molecule has 3 N–H and O–H groups in total. The lowest BCUT2D eigenvalue weighted by Crippen LogP contribution is -2.40. The van der Waals surface area contributed by atoms with Gasteiger partial charge in [-0.05, 0) is 31.4 Å². The van der Waals surface area contributed by atoms with Crippen molar-refractivity contribution in [1.29, 1.82) is 0 Å². The van der Waals surface area contributed by atoms with Gasteiger partial charge in [0.15, 0.2) is 5.96 Å². The number of aliphatic imine (C=N–C) groups is 1. The number of guanidine groups is 1. The van der Waals surface area contributed by atoms with Gasteiger partial charge >= 0.3 is 0 Å². The number of aryl methyl sites for hydroxylation is 1. The van der Waals surface area contributed by atoms with E-state index in [1.807, 2.05) is 13.8 Å². The summed E-state index contributed by atoms with van der Waals surface area (Å²) in [4.78, 5) is 11.4. The molecule has 2 heterocycles. The molecule has 0 aliphatic carbocycles. The van der Waals surface area contributed by atoms with E-state index in [0.29, 0.717) is 13.1 Å². The van der Waals surface area contributed by atoms with Crippen molar-refractivity contribution >= 4 is 17.3 Å². The van der Waals surface area contributed by atoms with Crippen molar-refractivity contribution in [1.82, 2.24) is 20.5 Å². The number of β-amino-alcohol motifs (C(OH)–C–C–N with tert-alkyl or cyclic N) is 1. The number of fused-ring (bicyclic) bond motifs is 1. The van der Waals surface area contributed by atoms with Crippen LogP contribution < -0.4 is 10.6 Å². The number of aliphatic hydroxyl groups excluding tert-OH is 1. The van der Waals surface area contributed by atoms with Gasteiger partial charge in [-0.1, -0.05) is 24.3 Å². The van der Waals surface area contributed by atoms with Crippen LogP contribution in [0.1, 0.15) is 28.8 Å². The van der Waals surface area contributed by atoms with E-state index in [4.69, 9.17) is 0 Å². The molecule has 1 aromatic heterocycles. The maximum atomic E-state index is 10.5. The van der Waals surface area contributed by atoms with Crippen molar-refractivity contribution in [2.75, 3.05) is 32.7 Å². The predicted octanol–water partition coefficient (Wildman–Crippen LogP) is 1.97. The quantitative estimate of drug-likeness (QED) is 0.466. The number of aliphatic hydroxyl groups is 1. The van der Waals surface area contributed by atoms with Gasteiger partial charge in [0.1, 0.15) is 0 Å². The average Bonchev–Trinajstić information content (AvgIpc) is 3.11. The molecule has 0 fully saturated rings. The maximum Gasteiger partial charge on any atom is 0.191 e. The zero-order chi connectivity index (χ0) is 19.8. The van der Waals surface area contributed by atoms with Crippen molar-refractivity contribution in [3.05, 3.63) is 51.5 Å². The highest BCUT2D eigenvalue weighted by molar-refractivity contribution is 7.09. The van der Waals surface area contributed by atoms with Gasteiger partial charge in [0.2, 0.25) is 0 Å². The third-order valence-corrected chi connectivity index (χ3v) is 5.65. The molecule has 28 heavy (non-hydrogen) atoms. The van der Waals surface area contributed by atoms with Crippen molar-refractivity contribution in [2.24, 2.45) is 4.99 Å². The molecule has 0 saturated carbocycles. The van der Waals surface area contributed by atoms with E-state index in [1.54, 1.807) is 11.3 Å². The fraction of sp³-hybridized carbons (Fsp3) is 0.524. The Kier molecular flexibility index (Phi) is 7.82. The third-order valence-electron chi connectivity index (χ3n) is 4.82. The van der Waals surface area contributed by atoms with Crippen LogP contribution in [-0.4, -0.2) is 59.8 Å². The molecule has 1 atom stereocenters. The minimum Gasteiger partial charge on any atom is -0.390 e. The van der Waals surface area contributed by atoms with E-state index in [-0.39, 0.29) is 0 Å². The molecule has 1 aliphatic heterocycles. The Balaban J connectivity index is 1.44. The first-order valence-corrected chi connectivity index (χ1v) is 10.9. The van der Waals surface area contributed by atoms with Crippen LogP contribution in [0.15, 0.2) is 34.6 Å². The topological polar surface area (TPSA) is 72.8 Å². The van der Waals surface area contributed by atoms with Crippen molar-refractivity contribution < 1.29 is 5.11 Å². The number of aromatic nitrogens is 1. The van der Waals surface area contributed by atoms with Crippen LogP contribution in [0.25, 0.3) is 0 Å². The van der Waals surface area contributed by atoms with Gasteiger partial charge in [-0.15, -0.1) is 11.3 Å². The lowest BCUT2D eigenvalue weighted by Gasteiger charge is -2.30. The zero-order valence-electron chi connectivity index (χ0n) is 16.8. The molecule has 1 aliphatic rings. The second-order valence-electron chi connectivity index (χ2n) is 7.16. The predicted molar refractivity (Wildman–Crippen MR) is 116 cm³/mol. The Labute approximate surface area is 171 Å². The highest BCUT2D eigenvalue weighted by Gasteiger charge is 2.18. The summed E-state index contributed by atoms with van der Waals surface area (Å²) in [7, 11) is 0. The summed E-state index contributed by atoms with van der Waals surface area (Å²) >= 11 is 1.68. The number of hydrogen-bond donors (Lipinski definition) is 3. The number of nitrogens with zero attached hydrogens (tertiary/aromatic N) is 3. The molecule has 152 valence electrons. The van der Waals surface area contributed by atoms with E-state index in [2.05, 4.69) is 55.2 Å². The third kappa shape index (κ3) is 6.29. The van der Waals surface area contributed by atoms with E-state index < -0.39 is 6.10 Å². The second-order valence-corrected chi connectivity index (χ2v) is 8.22. The number of benzene rings is 1. The molecule has 6 nitrogen and oxygen atoms in total. The summed E-state index contributed by atoms with van der Waals surface area (Å²) in [5.74, 6) is 0.748. The molecular formula is C21H31N5OS. The molecule has 7 heteroatoms. The summed E-state index contributed by atoms with van der Waals surface area (Å²) in [6.07, 6.45) is 1.44. The molecule has 0 bridgehead atoms. The van der Waals surface area contributed by atoms with Gasteiger partial charge in [-0.2, -0.15) is 0 Å². The highest BCUT2D eigenvalue weighted by Crippen LogP contribution is 2.18. The van der Waals surface area contributed by atoms with E-state index in [0.717, 1.165) is 55.7 Å². The summed E-state index contributed by atoms with van der Waals surface area (Å²) in [5.41, 5.74) is 3.91.